The van der Waals surface area contributed by atoms with Gasteiger partial charge in [-0.25, -0.2) is 9.78 Å². The van der Waals surface area contributed by atoms with Crippen molar-refractivity contribution in [2.75, 3.05) is 0 Å². The Balaban J connectivity index is 1.34. The van der Waals surface area contributed by atoms with Crippen LogP contribution < -0.4 is 4.74 Å². The first-order valence-electron chi connectivity index (χ1n) is 11.3. The predicted octanol–water partition coefficient (Wildman–Crippen LogP) is 5.43. The summed E-state index contributed by atoms with van der Waals surface area (Å²) < 4.78 is 19.4. The van der Waals surface area contributed by atoms with Gasteiger partial charge in [-0.3, -0.25) is 0 Å². The summed E-state index contributed by atoms with van der Waals surface area (Å²) in [7, 11) is 0. The molecular weight excluding hydrogens is 380 g/mol. The largest absolute Gasteiger partial charge is 0.465 e. The Morgan fingerprint density at radius 2 is 1.77 bits per heavy atom. The van der Waals surface area contributed by atoms with Gasteiger partial charge in [-0.15, -0.1) is 0 Å². The van der Waals surface area contributed by atoms with Gasteiger partial charge >= 0.3 is 0 Å². The lowest BCUT2D eigenvalue weighted by atomic mass is 9.58. The Kier molecular flexibility index (Phi) is 4.24. The van der Waals surface area contributed by atoms with Gasteiger partial charge in [-0.05, 0) is 60.9 Å². The smallest absolute Gasteiger partial charge is 0.205 e. The Morgan fingerprint density at radius 3 is 2.63 bits per heavy atom. The van der Waals surface area contributed by atoms with Gasteiger partial charge in [0.25, 0.3) is 0 Å². The van der Waals surface area contributed by atoms with Crippen LogP contribution in [0.25, 0.3) is 10.8 Å². The first-order chi connectivity index (χ1) is 14.5. The molecule has 1 aliphatic carbocycles. The minimum Gasteiger partial charge on any atom is -0.465 e. The summed E-state index contributed by atoms with van der Waals surface area (Å²) in [5, 5.41) is 2.36. The zero-order valence-corrected chi connectivity index (χ0v) is 17.9. The molecule has 5 aliphatic rings. The van der Waals surface area contributed by atoms with Crippen LogP contribution in [0.15, 0.2) is 42.5 Å². The van der Waals surface area contributed by atoms with Crippen LogP contribution in [-0.2, 0) is 19.2 Å². The Hall–Kier alpha value is -1.66. The minimum atomic E-state index is -0.758. The maximum atomic E-state index is 6.52. The maximum Gasteiger partial charge on any atom is 0.205 e. The van der Waals surface area contributed by atoms with E-state index < -0.39 is 17.7 Å². The van der Waals surface area contributed by atoms with Crippen LogP contribution in [0, 0.1) is 23.7 Å². The van der Waals surface area contributed by atoms with Crippen LogP contribution in [-0.4, -0.2) is 24.0 Å². The lowest BCUT2D eigenvalue weighted by Crippen LogP contribution is -2.70. The van der Waals surface area contributed by atoms with E-state index in [4.69, 9.17) is 24.0 Å². The monoisotopic (exact) mass is 410 g/mol. The molecule has 0 amide bonds. The molecule has 5 fully saturated rings. The van der Waals surface area contributed by atoms with Crippen LogP contribution in [0.5, 0.6) is 5.75 Å². The van der Waals surface area contributed by atoms with E-state index in [1.54, 1.807) is 0 Å². The molecule has 2 bridgehead atoms. The number of benzene rings is 2. The van der Waals surface area contributed by atoms with Gasteiger partial charge in [0, 0.05) is 18.3 Å². The second kappa shape index (κ2) is 6.67. The van der Waals surface area contributed by atoms with E-state index in [1.807, 2.05) is 19.1 Å². The highest BCUT2D eigenvalue weighted by molar-refractivity contribution is 5.83. The van der Waals surface area contributed by atoms with E-state index in [1.165, 1.54) is 11.8 Å². The molecule has 7 rings (SSSR count). The standard InChI is InChI=1S/C25H30O5/c1-15-8-11-21-16(2)22(26-19-10-9-17-6-4-5-7-18(17)14-19)27-23-25(21)20(15)12-13-24(3,28-23)29-30-25/h4-7,9-10,14-16,20-23H,8,11-13H2,1-3H3/t15-,16-,20+,21+,22+,23-,24+,25-/m1/s1. The topological polar surface area (TPSA) is 46.2 Å². The number of rotatable bonds is 2. The van der Waals surface area contributed by atoms with Crippen molar-refractivity contribution in [1.82, 2.24) is 0 Å². The van der Waals surface area contributed by atoms with Crippen LogP contribution in [0.3, 0.4) is 0 Å². The molecule has 8 atom stereocenters. The fraction of sp³-hybridized carbons (Fsp3) is 0.600. The molecule has 0 unspecified atom stereocenters. The fourth-order valence-electron chi connectivity index (χ4n) is 6.38. The normalized spacial score (nSPS) is 45.0. The number of ether oxygens (including phenoxy) is 3. The van der Waals surface area contributed by atoms with E-state index in [0.717, 1.165) is 30.4 Å². The summed E-state index contributed by atoms with van der Waals surface area (Å²) in [5.74, 6) is 1.43. The van der Waals surface area contributed by atoms with E-state index in [-0.39, 0.29) is 18.1 Å². The van der Waals surface area contributed by atoms with Gasteiger partial charge in [0.1, 0.15) is 5.75 Å². The molecule has 4 saturated heterocycles. The number of hydrogen-bond donors (Lipinski definition) is 0. The van der Waals surface area contributed by atoms with Crippen molar-refractivity contribution in [2.45, 2.75) is 70.4 Å². The highest BCUT2D eigenvalue weighted by Gasteiger charge is 2.69. The van der Waals surface area contributed by atoms with E-state index in [2.05, 4.69) is 44.2 Å². The third-order valence-electron chi connectivity index (χ3n) is 8.07. The quantitative estimate of drug-likeness (QED) is 0.618. The Labute approximate surface area is 177 Å². The molecule has 1 saturated carbocycles. The number of fused-ring (bicyclic) bond motifs is 3. The fourth-order valence-corrected chi connectivity index (χ4v) is 6.38. The Bertz CT molecular complexity index is 961. The molecule has 0 aromatic heterocycles. The van der Waals surface area contributed by atoms with Crippen LogP contribution >= 0.6 is 0 Å². The zero-order chi connectivity index (χ0) is 20.5. The van der Waals surface area contributed by atoms with Gasteiger partial charge in [0.15, 0.2) is 11.9 Å². The third-order valence-corrected chi connectivity index (χ3v) is 8.07. The molecule has 160 valence electrons. The second-order valence-corrected chi connectivity index (χ2v) is 9.90. The first kappa shape index (κ1) is 19.1. The summed E-state index contributed by atoms with van der Waals surface area (Å²) in [6.07, 6.45) is 3.26. The van der Waals surface area contributed by atoms with Gasteiger partial charge in [-0.2, -0.15) is 0 Å². The van der Waals surface area contributed by atoms with Crippen molar-refractivity contribution >= 4 is 10.8 Å². The minimum absolute atomic E-state index is 0.164. The van der Waals surface area contributed by atoms with Crippen molar-refractivity contribution in [1.29, 1.82) is 0 Å². The van der Waals surface area contributed by atoms with E-state index >= 15 is 0 Å². The second-order valence-electron chi connectivity index (χ2n) is 9.90. The summed E-state index contributed by atoms with van der Waals surface area (Å²) >= 11 is 0. The van der Waals surface area contributed by atoms with Gasteiger partial charge in [0.2, 0.25) is 12.1 Å². The SMILES string of the molecule is C[C@H]1[C@@H](Oc2ccc3ccccc3c2)O[C@@H]2O[C@]3(C)CC[C@H]4[C@H](C)CC[C@@H]1[C@@]24OO3. The van der Waals surface area contributed by atoms with Crippen molar-refractivity contribution < 1.29 is 24.0 Å². The lowest BCUT2D eigenvalue weighted by Gasteiger charge is -2.60. The molecule has 0 N–H and O–H groups in total. The van der Waals surface area contributed by atoms with Crippen molar-refractivity contribution in [2.24, 2.45) is 23.7 Å². The van der Waals surface area contributed by atoms with E-state index in [0.29, 0.717) is 11.8 Å². The van der Waals surface area contributed by atoms with Crippen molar-refractivity contribution in [3.63, 3.8) is 0 Å². The number of hydrogen-bond acceptors (Lipinski definition) is 5. The van der Waals surface area contributed by atoms with Gasteiger partial charge in [-0.1, -0.05) is 44.2 Å². The van der Waals surface area contributed by atoms with Gasteiger partial charge in [0.05, 0.1) is 0 Å². The highest BCUT2D eigenvalue weighted by atomic mass is 17.3. The molecule has 4 heterocycles. The lowest BCUT2D eigenvalue weighted by molar-refractivity contribution is -0.575. The average Bonchev–Trinajstić information content (AvgIpc) is 2.98. The molecule has 4 aliphatic heterocycles. The van der Waals surface area contributed by atoms with Gasteiger partial charge < -0.3 is 14.2 Å². The summed E-state index contributed by atoms with van der Waals surface area (Å²) in [6, 6.07) is 14.5. The molecule has 2 aromatic rings. The molecule has 5 nitrogen and oxygen atoms in total. The van der Waals surface area contributed by atoms with Crippen molar-refractivity contribution in [3.05, 3.63) is 42.5 Å². The Morgan fingerprint density at radius 1 is 0.933 bits per heavy atom. The molecular formula is C25H30O5. The summed E-state index contributed by atoms with van der Waals surface area (Å²) in [6.45, 7) is 6.51. The van der Waals surface area contributed by atoms with Crippen LogP contribution in [0.2, 0.25) is 0 Å². The third kappa shape index (κ3) is 2.69. The van der Waals surface area contributed by atoms with Crippen LogP contribution in [0.1, 0.15) is 46.5 Å². The zero-order valence-electron chi connectivity index (χ0n) is 17.9. The predicted molar refractivity (Wildman–Crippen MR) is 111 cm³/mol. The van der Waals surface area contributed by atoms with E-state index in [9.17, 15) is 0 Å². The molecule has 5 heteroatoms. The summed E-state index contributed by atoms with van der Waals surface area (Å²) in [4.78, 5) is 12.1. The molecule has 30 heavy (non-hydrogen) atoms. The summed E-state index contributed by atoms with van der Waals surface area (Å²) in [5.41, 5.74) is -0.545. The highest BCUT2D eigenvalue weighted by Crippen LogP contribution is 2.60. The van der Waals surface area contributed by atoms with Crippen molar-refractivity contribution in [3.8, 4) is 5.75 Å². The molecule has 0 radical (unpaired) electrons. The first-order valence-corrected chi connectivity index (χ1v) is 11.3. The average molecular weight is 411 g/mol. The van der Waals surface area contributed by atoms with Crippen LogP contribution in [0.4, 0.5) is 0 Å². The molecule has 2 aromatic carbocycles. The maximum absolute atomic E-state index is 6.52. The molecule has 1 spiro atoms.